The highest BCUT2D eigenvalue weighted by atomic mass is 16.6. The molecule has 16 heavy (non-hydrogen) atoms. The van der Waals surface area contributed by atoms with Crippen LogP contribution in [0, 0.1) is 0 Å². The molecule has 1 rings (SSSR count). The van der Waals surface area contributed by atoms with E-state index in [0.717, 1.165) is 6.42 Å². The standard InChI is InChI=1S/C10H20BNO4/c1-4-6-7(13)8(9(11)16-6)15-5(2)10(14)12-3/h5-9,13H,4,11H2,1-3H3,(H,12,14)/t5-,6-,7+,8?,9-/m1/s1. The van der Waals surface area contributed by atoms with Crippen molar-refractivity contribution in [3.63, 3.8) is 0 Å². The third-order valence-corrected chi connectivity index (χ3v) is 2.95. The molecule has 0 radical (unpaired) electrons. The average Bonchev–Trinajstić information content (AvgIpc) is 2.55. The van der Waals surface area contributed by atoms with E-state index >= 15 is 0 Å². The molecule has 0 aromatic carbocycles. The molecule has 2 N–H and O–H groups in total. The van der Waals surface area contributed by atoms with Crippen LogP contribution in [0.3, 0.4) is 0 Å². The summed E-state index contributed by atoms with van der Waals surface area (Å²) >= 11 is 0. The van der Waals surface area contributed by atoms with Gasteiger partial charge in [-0.15, -0.1) is 0 Å². The van der Waals surface area contributed by atoms with Gasteiger partial charge < -0.3 is 19.9 Å². The SMILES string of the molecule is B[C@@H]1O[C@H](CC)[C@H](O)C1O[C@H](C)C(=O)NC. The molecule has 5 nitrogen and oxygen atoms in total. The summed E-state index contributed by atoms with van der Waals surface area (Å²) < 4.78 is 11.1. The summed E-state index contributed by atoms with van der Waals surface area (Å²) in [5.74, 6) is -0.195. The number of carbonyl (C=O) groups excluding carboxylic acids is 1. The molecule has 1 amide bonds. The lowest BCUT2D eigenvalue weighted by Gasteiger charge is -2.22. The number of hydrogen-bond donors (Lipinski definition) is 2. The normalized spacial score (nSPS) is 36.0. The number of rotatable bonds is 4. The van der Waals surface area contributed by atoms with Crippen LogP contribution in [0.5, 0.6) is 0 Å². The second kappa shape index (κ2) is 5.66. The third kappa shape index (κ3) is 2.75. The van der Waals surface area contributed by atoms with Gasteiger partial charge in [-0.05, 0) is 13.3 Å². The fourth-order valence-corrected chi connectivity index (χ4v) is 1.95. The molecular weight excluding hydrogens is 209 g/mol. The summed E-state index contributed by atoms with van der Waals surface area (Å²) in [5, 5.41) is 12.4. The zero-order chi connectivity index (χ0) is 12.3. The fraction of sp³-hybridized carbons (Fsp3) is 0.900. The fourth-order valence-electron chi connectivity index (χ4n) is 1.95. The maximum Gasteiger partial charge on any atom is 0.248 e. The van der Waals surface area contributed by atoms with E-state index in [4.69, 9.17) is 9.47 Å². The Balaban J connectivity index is 2.57. The highest BCUT2D eigenvalue weighted by molar-refractivity contribution is 6.11. The lowest BCUT2D eigenvalue weighted by Crippen LogP contribution is -2.42. The number of amides is 1. The van der Waals surface area contributed by atoms with Crippen molar-refractivity contribution >= 4 is 13.8 Å². The third-order valence-electron chi connectivity index (χ3n) is 2.95. The van der Waals surface area contributed by atoms with Crippen molar-refractivity contribution in [2.24, 2.45) is 0 Å². The van der Waals surface area contributed by atoms with Crippen molar-refractivity contribution in [2.45, 2.75) is 50.7 Å². The van der Waals surface area contributed by atoms with E-state index in [1.807, 2.05) is 14.8 Å². The molecule has 1 heterocycles. The average molecular weight is 229 g/mol. The Morgan fingerprint density at radius 3 is 2.75 bits per heavy atom. The number of nitrogens with one attached hydrogen (secondary N) is 1. The number of hydrogen-bond acceptors (Lipinski definition) is 4. The molecule has 0 aliphatic carbocycles. The molecule has 1 unspecified atom stereocenters. The minimum absolute atomic E-state index is 0.188. The van der Waals surface area contributed by atoms with Gasteiger partial charge in [0.15, 0.2) is 0 Å². The van der Waals surface area contributed by atoms with Gasteiger partial charge in [0.25, 0.3) is 0 Å². The quantitative estimate of drug-likeness (QED) is 0.584. The first-order valence-corrected chi connectivity index (χ1v) is 5.71. The summed E-state index contributed by atoms with van der Waals surface area (Å²) in [7, 11) is 3.40. The molecule has 0 spiro atoms. The Morgan fingerprint density at radius 2 is 2.31 bits per heavy atom. The van der Waals surface area contributed by atoms with E-state index in [1.54, 1.807) is 14.0 Å². The first-order chi connectivity index (χ1) is 7.51. The van der Waals surface area contributed by atoms with Crippen LogP contribution in [0.25, 0.3) is 0 Å². The van der Waals surface area contributed by atoms with Crippen molar-refractivity contribution < 1.29 is 19.4 Å². The van der Waals surface area contributed by atoms with Crippen LogP contribution in [-0.4, -0.2) is 56.3 Å². The molecule has 1 fully saturated rings. The lowest BCUT2D eigenvalue weighted by molar-refractivity contribution is -0.138. The minimum Gasteiger partial charge on any atom is -0.388 e. The van der Waals surface area contributed by atoms with Gasteiger partial charge in [-0.1, -0.05) is 6.92 Å². The summed E-state index contributed by atoms with van der Waals surface area (Å²) in [6.45, 7) is 3.61. The van der Waals surface area contributed by atoms with E-state index in [9.17, 15) is 9.90 Å². The Bertz CT molecular complexity index is 251. The van der Waals surface area contributed by atoms with Crippen LogP contribution < -0.4 is 5.32 Å². The van der Waals surface area contributed by atoms with E-state index in [0.29, 0.717) is 0 Å². The van der Waals surface area contributed by atoms with Crippen LogP contribution >= 0.6 is 0 Å². The summed E-state index contributed by atoms with van der Waals surface area (Å²) in [6, 6.07) is -0.188. The number of ether oxygens (including phenoxy) is 2. The second-order valence-corrected chi connectivity index (χ2v) is 4.14. The molecule has 0 bridgehead atoms. The van der Waals surface area contributed by atoms with E-state index in [2.05, 4.69) is 5.32 Å². The van der Waals surface area contributed by atoms with E-state index < -0.39 is 18.3 Å². The van der Waals surface area contributed by atoms with Crippen LogP contribution in [-0.2, 0) is 14.3 Å². The van der Waals surface area contributed by atoms with Gasteiger partial charge >= 0.3 is 0 Å². The largest absolute Gasteiger partial charge is 0.388 e. The first kappa shape index (κ1) is 13.5. The zero-order valence-corrected chi connectivity index (χ0v) is 10.3. The molecule has 0 aromatic rings. The Labute approximate surface area is 96.9 Å². The number of aliphatic hydroxyl groups is 1. The van der Waals surface area contributed by atoms with E-state index in [1.165, 1.54) is 0 Å². The summed E-state index contributed by atoms with van der Waals surface area (Å²) in [6.07, 6.45) is -1.13. The molecule has 5 atom stereocenters. The highest BCUT2D eigenvalue weighted by Gasteiger charge is 2.42. The molecule has 1 saturated heterocycles. The molecule has 1 aliphatic heterocycles. The van der Waals surface area contributed by atoms with E-state index in [-0.39, 0.29) is 18.0 Å². The predicted octanol–water partition coefficient (Wildman–Crippen LogP) is -1.36. The van der Waals surface area contributed by atoms with Gasteiger partial charge in [0.05, 0.1) is 12.1 Å². The maximum absolute atomic E-state index is 11.3. The molecule has 1 aliphatic rings. The van der Waals surface area contributed by atoms with Gasteiger partial charge in [-0.3, -0.25) is 4.79 Å². The van der Waals surface area contributed by atoms with Crippen LogP contribution in [0.4, 0.5) is 0 Å². The van der Waals surface area contributed by atoms with Gasteiger partial charge in [-0.25, -0.2) is 0 Å². The molecule has 92 valence electrons. The van der Waals surface area contributed by atoms with Gasteiger partial charge in [-0.2, -0.15) is 0 Å². The van der Waals surface area contributed by atoms with Crippen molar-refractivity contribution in [1.82, 2.24) is 5.32 Å². The molecular formula is C10H20BNO4. The first-order valence-electron chi connectivity index (χ1n) is 5.71. The maximum atomic E-state index is 11.3. The van der Waals surface area contributed by atoms with Crippen LogP contribution in [0.15, 0.2) is 0 Å². The van der Waals surface area contributed by atoms with Crippen molar-refractivity contribution in [3.8, 4) is 0 Å². The predicted molar refractivity (Wildman–Crippen MR) is 61.9 cm³/mol. The second-order valence-electron chi connectivity index (χ2n) is 4.14. The van der Waals surface area contributed by atoms with Gasteiger partial charge in [0.2, 0.25) is 5.91 Å². The topological polar surface area (TPSA) is 67.8 Å². The van der Waals surface area contributed by atoms with Crippen molar-refractivity contribution in [1.29, 1.82) is 0 Å². The highest BCUT2D eigenvalue weighted by Crippen LogP contribution is 2.25. The lowest BCUT2D eigenvalue weighted by atomic mass is 9.92. The Kier molecular flexibility index (Phi) is 4.77. The van der Waals surface area contributed by atoms with Crippen LogP contribution in [0.1, 0.15) is 20.3 Å². The Morgan fingerprint density at radius 1 is 1.69 bits per heavy atom. The number of likely N-dealkylation sites (N-methyl/N-ethyl adjacent to an activating group) is 1. The summed E-state index contributed by atoms with van der Waals surface area (Å²) in [4.78, 5) is 11.3. The number of aliphatic hydroxyl groups excluding tert-OH is 1. The molecule has 6 heteroatoms. The van der Waals surface area contributed by atoms with Crippen molar-refractivity contribution in [2.75, 3.05) is 7.05 Å². The zero-order valence-electron chi connectivity index (χ0n) is 10.3. The van der Waals surface area contributed by atoms with Gasteiger partial charge in [0, 0.05) is 7.05 Å². The smallest absolute Gasteiger partial charge is 0.248 e. The Hall–Kier alpha value is -0.585. The molecule has 0 saturated carbocycles. The van der Waals surface area contributed by atoms with Gasteiger partial charge in [0.1, 0.15) is 26.2 Å². The monoisotopic (exact) mass is 229 g/mol. The van der Waals surface area contributed by atoms with Crippen molar-refractivity contribution in [3.05, 3.63) is 0 Å². The minimum atomic E-state index is -0.660. The summed E-state index contributed by atoms with van der Waals surface area (Å²) in [5.41, 5.74) is 0. The molecule has 0 aromatic heterocycles. The van der Waals surface area contributed by atoms with Crippen LogP contribution in [0.2, 0.25) is 0 Å². The number of carbonyl (C=O) groups is 1.